The molecule has 0 heterocycles. The lowest BCUT2D eigenvalue weighted by Crippen LogP contribution is -2.45. The molecule has 20 heavy (non-hydrogen) atoms. The summed E-state index contributed by atoms with van der Waals surface area (Å²) >= 11 is 2.20. The summed E-state index contributed by atoms with van der Waals surface area (Å²) in [5, 5.41) is 13.4. The number of hydrogen-bond acceptors (Lipinski definition) is 2. The molecule has 0 spiro atoms. The van der Waals surface area contributed by atoms with Crippen molar-refractivity contribution in [3.05, 3.63) is 32.9 Å². The van der Waals surface area contributed by atoms with Crippen LogP contribution in [0.2, 0.25) is 0 Å². The Morgan fingerprint density at radius 1 is 1.55 bits per heavy atom. The highest BCUT2D eigenvalue weighted by Gasteiger charge is 2.33. The van der Waals surface area contributed by atoms with Crippen molar-refractivity contribution in [2.75, 3.05) is 6.54 Å². The van der Waals surface area contributed by atoms with Crippen LogP contribution in [-0.4, -0.2) is 23.2 Å². The number of carbonyl (C=O) groups excluding carboxylic acids is 1. The molecule has 2 atom stereocenters. The minimum atomic E-state index is -0.734. The second-order valence-corrected chi connectivity index (χ2v) is 7.12. The first-order valence-corrected chi connectivity index (χ1v) is 8.25. The van der Waals surface area contributed by atoms with Crippen molar-refractivity contribution in [2.24, 2.45) is 5.92 Å². The molecule has 3 nitrogen and oxygen atoms in total. The first kappa shape index (κ1) is 15.8. The van der Waals surface area contributed by atoms with Gasteiger partial charge in [0.05, 0.1) is 11.2 Å². The van der Waals surface area contributed by atoms with Gasteiger partial charge in [-0.2, -0.15) is 0 Å². The molecule has 4 heteroatoms. The van der Waals surface area contributed by atoms with E-state index in [1.54, 1.807) is 0 Å². The molecule has 1 aromatic carbocycles. The van der Waals surface area contributed by atoms with Crippen molar-refractivity contribution in [3.63, 3.8) is 0 Å². The van der Waals surface area contributed by atoms with E-state index >= 15 is 0 Å². The molecule has 0 aromatic heterocycles. The van der Waals surface area contributed by atoms with Crippen LogP contribution < -0.4 is 5.32 Å². The van der Waals surface area contributed by atoms with Crippen LogP contribution in [0.4, 0.5) is 0 Å². The van der Waals surface area contributed by atoms with Crippen LogP contribution in [0.15, 0.2) is 18.2 Å². The maximum Gasteiger partial charge on any atom is 0.252 e. The summed E-state index contributed by atoms with van der Waals surface area (Å²) in [7, 11) is 0. The van der Waals surface area contributed by atoms with Crippen LogP contribution in [0.1, 0.15) is 48.5 Å². The number of nitrogens with one attached hydrogen (secondary N) is 1. The molecule has 2 unspecified atom stereocenters. The third kappa shape index (κ3) is 3.73. The summed E-state index contributed by atoms with van der Waals surface area (Å²) in [4.78, 5) is 12.3. The Kier molecular flexibility index (Phi) is 5.07. The fourth-order valence-electron chi connectivity index (χ4n) is 2.96. The highest BCUT2D eigenvalue weighted by Crippen LogP contribution is 2.31. The average molecular weight is 387 g/mol. The smallest absolute Gasteiger partial charge is 0.252 e. The fraction of sp³-hybridized carbons (Fsp3) is 0.562. The van der Waals surface area contributed by atoms with E-state index in [0.29, 0.717) is 18.0 Å². The minimum Gasteiger partial charge on any atom is -0.388 e. The minimum absolute atomic E-state index is 0.0928. The van der Waals surface area contributed by atoms with Gasteiger partial charge in [-0.1, -0.05) is 31.9 Å². The van der Waals surface area contributed by atoms with Crippen LogP contribution in [0, 0.1) is 16.4 Å². The van der Waals surface area contributed by atoms with E-state index < -0.39 is 5.60 Å². The summed E-state index contributed by atoms with van der Waals surface area (Å²) < 4.78 is 0.978. The molecule has 1 aliphatic carbocycles. The Bertz CT molecular complexity index is 503. The molecule has 1 aliphatic rings. The van der Waals surface area contributed by atoms with E-state index in [1.807, 2.05) is 25.1 Å². The molecular weight excluding hydrogens is 365 g/mol. The van der Waals surface area contributed by atoms with Crippen molar-refractivity contribution in [3.8, 4) is 0 Å². The van der Waals surface area contributed by atoms with Gasteiger partial charge in [-0.3, -0.25) is 4.79 Å². The zero-order chi connectivity index (χ0) is 14.8. The van der Waals surface area contributed by atoms with Crippen LogP contribution in [-0.2, 0) is 0 Å². The molecule has 1 saturated carbocycles. The number of hydrogen-bond donors (Lipinski definition) is 2. The number of benzene rings is 1. The van der Waals surface area contributed by atoms with Gasteiger partial charge in [-0.25, -0.2) is 0 Å². The zero-order valence-corrected chi connectivity index (χ0v) is 14.2. The van der Waals surface area contributed by atoms with Crippen molar-refractivity contribution in [2.45, 2.75) is 45.1 Å². The van der Waals surface area contributed by atoms with Crippen LogP contribution in [0.25, 0.3) is 0 Å². The fourth-order valence-corrected chi connectivity index (χ4v) is 3.56. The van der Waals surface area contributed by atoms with Crippen molar-refractivity contribution in [1.82, 2.24) is 5.32 Å². The van der Waals surface area contributed by atoms with Gasteiger partial charge in [0, 0.05) is 10.1 Å². The molecule has 1 amide bonds. The molecule has 0 bridgehead atoms. The summed E-state index contributed by atoms with van der Waals surface area (Å²) in [6.07, 6.45) is 3.77. The second-order valence-electron chi connectivity index (χ2n) is 6.04. The standard InChI is InChI=1S/C16H22INO2/c1-11-5-4-8-16(20,9-11)10-18-15(19)13-7-3-6-12(2)14(13)17/h3,6-7,11,20H,4-5,8-10H2,1-2H3,(H,18,19). The zero-order valence-electron chi connectivity index (χ0n) is 12.1. The third-order valence-electron chi connectivity index (χ3n) is 4.08. The number of carbonyl (C=O) groups is 1. The highest BCUT2D eigenvalue weighted by molar-refractivity contribution is 14.1. The lowest BCUT2D eigenvalue weighted by molar-refractivity contribution is -0.0109. The Morgan fingerprint density at radius 3 is 3.00 bits per heavy atom. The Balaban J connectivity index is 2.00. The second kappa shape index (κ2) is 6.43. The van der Waals surface area contributed by atoms with Gasteiger partial charge < -0.3 is 10.4 Å². The third-order valence-corrected chi connectivity index (χ3v) is 5.51. The highest BCUT2D eigenvalue weighted by atomic mass is 127. The van der Waals surface area contributed by atoms with Gasteiger partial charge in [0.1, 0.15) is 0 Å². The van der Waals surface area contributed by atoms with Crippen LogP contribution >= 0.6 is 22.6 Å². The SMILES string of the molecule is Cc1cccc(C(=O)NCC2(O)CCCC(C)C2)c1I. The molecule has 0 saturated heterocycles. The maximum absolute atomic E-state index is 12.3. The number of amides is 1. The van der Waals surface area contributed by atoms with Gasteiger partial charge in [-0.05, 0) is 59.9 Å². The monoisotopic (exact) mass is 387 g/mol. The van der Waals surface area contributed by atoms with Crippen molar-refractivity contribution < 1.29 is 9.90 Å². The Morgan fingerprint density at radius 2 is 2.30 bits per heavy atom. The van der Waals surface area contributed by atoms with Gasteiger partial charge >= 0.3 is 0 Å². The molecule has 1 fully saturated rings. The predicted molar refractivity (Wildman–Crippen MR) is 88.8 cm³/mol. The van der Waals surface area contributed by atoms with Crippen molar-refractivity contribution >= 4 is 28.5 Å². The van der Waals surface area contributed by atoms with Crippen LogP contribution in [0.5, 0.6) is 0 Å². The normalized spacial score (nSPS) is 26.3. The quantitative estimate of drug-likeness (QED) is 0.783. The molecule has 1 aromatic rings. The Labute approximate surface area is 134 Å². The number of halogens is 1. The van der Waals surface area contributed by atoms with E-state index in [2.05, 4.69) is 34.8 Å². The largest absolute Gasteiger partial charge is 0.388 e. The first-order valence-electron chi connectivity index (χ1n) is 7.17. The average Bonchev–Trinajstić information content (AvgIpc) is 2.39. The molecule has 110 valence electrons. The topological polar surface area (TPSA) is 49.3 Å². The van der Waals surface area contributed by atoms with Crippen molar-refractivity contribution in [1.29, 1.82) is 0 Å². The molecule has 2 N–H and O–H groups in total. The first-order chi connectivity index (χ1) is 9.41. The summed E-state index contributed by atoms with van der Waals surface area (Å²) in [5.41, 5.74) is 1.06. The van der Waals surface area contributed by atoms with E-state index in [-0.39, 0.29) is 5.91 Å². The van der Waals surface area contributed by atoms with E-state index in [0.717, 1.165) is 28.4 Å². The maximum atomic E-state index is 12.3. The summed E-state index contributed by atoms with van der Waals surface area (Å²) in [6.45, 7) is 4.50. The predicted octanol–water partition coefficient (Wildman–Crippen LogP) is 3.27. The van der Waals surface area contributed by atoms with Gasteiger partial charge in [0.25, 0.3) is 5.91 Å². The number of aliphatic hydroxyl groups is 1. The van der Waals surface area contributed by atoms with Gasteiger partial charge in [0.15, 0.2) is 0 Å². The summed E-state index contributed by atoms with van der Waals surface area (Å²) in [6, 6.07) is 5.72. The number of rotatable bonds is 3. The van der Waals surface area contributed by atoms with E-state index in [4.69, 9.17) is 0 Å². The molecule has 0 aliphatic heterocycles. The van der Waals surface area contributed by atoms with E-state index in [9.17, 15) is 9.90 Å². The van der Waals surface area contributed by atoms with Gasteiger partial charge in [0.2, 0.25) is 0 Å². The molecule has 2 rings (SSSR count). The molecule has 0 radical (unpaired) electrons. The van der Waals surface area contributed by atoms with Crippen LogP contribution in [0.3, 0.4) is 0 Å². The molecular formula is C16H22INO2. The lowest BCUT2D eigenvalue weighted by atomic mass is 9.79. The lowest BCUT2D eigenvalue weighted by Gasteiger charge is -2.35. The summed E-state index contributed by atoms with van der Waals surface area (Å²) in [5.74, 6) is 0.439. The van der Waals surface area contributed by atoms with E-state index in [1.165, 1.54) is 6.42 Å². The Hall–Kier alpha value is -0.620. The number of aryl methyl sites for hydroxylation is 1. The van der Waals surface area contributed by atoms with Gasteiger partial charge in [-0.15, -0.1) is 0 Å².